The highest BCUT2D eigenvalue weighted by molar-refractivity contribution is 5.25. The fraction of sp³-hybridized carbons (Fsp3) is 0.444. The lowest BCUT2D eigenvalue weighted by molar-refractivity contribution is -0.0277. The summed E-state index contributed by atoms with van der Waals surface area (Å²) in [6, 6.07) is 1.53. The molecule has 1 N–H and O–H groups in total. The first-order valence-electron chi connectivity index (χ1n) is 3.97. The summed E-state index contributed by atoms with van der Waals surface area (Å²) >= 11 is 0. The minimum Gasteiger partial charge on any atom is -0.396 e. The number of pyridine rings is 1. The van der Waals surface area contributed by atoms with Gasteiger partial charge in [0.25, 0.3) is 5.92 Å². The third-order valence-corrected chi connectivity index (χ3v) is 1.86. The van der Waals surface area contributed by atoms with Crippen LogP contribution in [0.25, 0.3) is 0 Å². The normalized spacial score (nSPS) is 11.7. The quantitative estimate of drug-likeness (QED) is 0.783. The second-order valence-electron chi connectivity index (χ2n) is 2.87. The Hall–Kier alpha value is -1.03. The molecule has 0 bridgehead atoms. The van der Waals surface area contributed by atoms with Crippen molar-refractivity contribution in [3.8, 4) is 0 Å². The molecule has 0 aliphatic heterocycles. The molecule has 0 radical (unpaired) electrons. The predicted molar refractivity (Wildman–Crippen MR) is 44.6 cm³/mol. The van der Waals surface area contributed by atoms with Crippen LogP contribution in [0.3, 0.4) is 0 Å². The average molecular weight is 187 g/mol. The minimum absolute atomic E-state index is 0.107. The zero-order chi connectivity index (χ0) is 9.90. The third kappa shape index (κ3) is 2.21. The fourth-order valence-electron chi connectivity index (χ4n) is 1.12. The molecule has 0 atom stereocenters. The van der Waals surface area contributed by atoms with Gasteiger partial charge in [0.15, 0.2) is 0 Å². The highest BCUT2D eigenvalue weighted by Crippen LogP contribution is 2.32. The van der Waals surface area contributed by atoms with E-state index in [1.54, 1.807) is 6.92 Å². The van der Waals surface area contributed by atoms with Gasteiger partial charge in [-0.15, -0.1) is 0 Å². The highest BCUT2D eigenvalue weighted by Gasteiger charge is 2.32. The number of aromatic nitrogens is 1. The molecule has 0 unspecified atom stereocenters. The lowest BCUT2D eigenvalue weighted by Crippen LogP contribution is -2.16. The van der Waals surface area contributed by atoms with Gasteiger partial charge in [0, 0.05) is 31.0 Å². The molecule has 2 nitrogen and oxygen atoms in total. The number of aryl methyl sites for hydroxylation is 1. The molecule has 0 aliphatic carbocycles. The van der Waals surface area contributed by atoms with E-state index < -0.39 is 19.0 Å². The summed E-state index contributed by atoms with van der Waals surface area (Å²) in [6.45, 7) is 1.07. The van der Waals surface area contributed by atoms with E-state index in [9.17, 15) is 8.78 Å². The van der Waals surface area contributed by atoms with Crippen LogP contribution in [-0.4, -0.2) is 16.7 Å². The molecule has 1 aromatic rings. The number of aliphatic hydroxyl groups excluding tert-OH is 1. The number of aliphatic hydroxyl groups is 1. The highest BCUT2D eigenvalue weighted by atomic mass is 19.3. The van der Waals surface area contributed by atoms with Crippen LogP contribution in [-0.2, 0) is 5.92 Å². The van der Waals surface area contributed by atoms with E-state index in [-0.39, 0.29) is 5.56 Å². The molecule has 0 amide bonds. The van der Waals surface area contributed by atoms with Crippen LogP contribution < -0.4 is 0 Å². The summed E-state index contributed by atoms with van der Waals surface area (Å²) < 4.78 is 26.4. The van der Waals surface area contributed by atoms with E-state index in [0.29, 0.717) is 5.56 Å². The summed E-state index contributed by atoms with van der Waals surface area (Å²) in [5.41, 5.74) is 0.387. The van der Waals surface area contributed by atoms with Crippen molar-refractivity contribution in [3.63, 3.8) is 0 Å². The number of halogens is 2. The van der Waals surface area contributed by atoms with E-state index in [4.69, 9.17) is 5.11 Å². The zero-order valence-corrected chi connectivity index (χ0v) is 7.30. The molecular formula is C9H11F2NO. The third-order valence-electron chi connectivity index (χ3n) is 1.86. The molecule has 13 heavy (non-hydrogen) atoms. The van der Waals surface area contributed by atoms with Gasteiger partial charge in [0.1, 0.15) is 0 Å². The van der Waals surface area contributed by atoms with Gasteiger partial charge in [0.2, 0.25) is 0 Å². The van der Waals surface area contributed by atoms with Crippen molar-refractivity contribution in [2.45, 2.75) is 19.3 Å². The topological polar surface area (TPSA) is 33.1 Å². The van der Waals surface area contributed by atoms with Crippen LogP contribution in [0, 0.1) is 6.92 Å². The summed E-state index contributed by atoms with van der Waals surface area (Å²) in [5.74, 6) is -2.98. The Morgan fingerprint density at radius 3 is 2.77 bits per heavy atom. The largest absolute Gasteiger partial charge is 0.396 e. The van der Waals surface area contributed by atoms with Crippen molar-refractivity contribution >= 4 is 0 Å². The van der Waals surface area contributed by atoms with E-state index >= 15 is 0 Å². The molecule has 0 aromatic carbocycles. The molecule has 0 spiro atoms. The lowest BCUT2D eigenvalue weighted by atomic mass is 10.0. The van der Waals surface area contributed by atoms with Crippen LogP contribution in [0.5, 0.6) is 0 Å². The first kappa shape index (κ1) is 10.1. The van der Waals surface area contributed by atoms with Crippen molar-refractivity contribution < 1.29 is 13.9 Å². The number of alkyl halides is 2. The average Bonchev–Trinajstić information content (AvgIpc) is 2.04. The molecule has 72 valence electrons. The van der Waals surface area contributed by atoms with Gasteiger partial charge in [0.05, 0.1) is 0 Å². The Morgan fingerprint density at radius 1 is 1.54 bits per heavy atom. The molecule has 0 saturated heterocycles. The Balaban J connectivity index is 2.99. The van der Waals surface area contributed by atoms with Crippen LogP contribution in [0.15, 0.2) is 18.5 Å². The maximum atomic E-state index is 13.2. The predicted octanol–water partition coefficient (Wildman–Crippen LogP) is 1.86. The fourth-order valence-corrected chi connectivity index (χ4v) is 1.12. The van der Waals surface area contributed by atoms with Gasteiger partial charge in [-0.3, -0.25) is 4.98 Å². The Kier molecular flexibility index (Phi) is 2.93. The number of nitrogens with zero attached hydrogens (tertiary/aromatic N) is 1. The molecule has 1 heterocycles. The first-order chi connectivity index (χ1) is 6.08. The molecule has 1 aromatic heterocycles. The van der Waals surface area contributed by atoms with Gasteiger partial charge >= 0.3 is 0 Å². The van der Waals surface area contributed by atoms with E-state index in [1.165, 1.54) is 12.3 Å². The second-order valence-corrected chi connectivity index (χ2v) is 2.87. The molecular weight excluding hydrogens is 176 g/mol. The molecule has 0 saturated carbocycles. The second kappa shape index (κ2) is 3.79. The van der Waals surface area contributed by atoms with Crippen molar-refractivity contribution in [2.75, 3.05) is 6.61 Å². The SMILES string of the molecule is Cc1ccncc1C(F)(F)CCO. The van der Waals surface area contributed by atoms with Gasteiger partial charge in [-0.05, 0) is 18.6 Å². The van der Waals surface area contributed by atoms with E-state index in [1.807, 2.05) is 0 Å². The van der Waals surface area contributed by atoms with Crippen molar-refractivity contribution in [3.05, 3.63) is 29.6 Å². The summed E-state index contributed by atoms with van der Waals surface area (Å²) in [7, 11) is 0. The monoisotopic (exact) mass is 187 g/mol. The Morgan fingerprint density at radius 2 is 2.23 bits per heavy atom. The summed E-state index contributed by atoms with van der Waals surface area (Å²) in [6.07, 6.45) is 2.05. The minimum atomic E-state index is -2.98. The molecule has 0 fully saturated rings. The van der Waals surface area contributed by atoms with Crippen LogP contribution in [0.4, 0.5) is 8.78 Å². The Labute approximate surface area is 75.2 Å². The van der Waals surface area contributed by atoms with Gasteiger partial charge in [-0.1, -0.05) is 0 Å². The number of rotatable bonds is 3. The molecule has 4 heteroatoms. The van der Waals surface area contributed by atoms with Crippen molar-refractivity contribution in [2.24, 2.45) is 0 Å². The van der Waals surface area contributed by atoms with Crippen molar-refractivity contribution in [1.82, 2.24) is 4.98 Å². The molecule has 1 rings (SSSR count). The maximum Gasteiger partial charge on any atom is 0.277 e. The Bertz CT molecular complexity index is 289. The lowest BCUT2D eigenvalue weighted by Gasteiger charge is -2.16. The van der Waals surface area contributed by atoms with Gasteiger partial charge in [-0.25, -0.2) is 8.78 Å². The maximum absolute atomic E-state index is 13.2. The van der Waals surface area contributed by atoms with Gasteiger partial charge in [-0.2, -0.15) is 0 Å². The zero-order valence-electron chi connectivity index (χ0n) is 7.30. The number of hydrogen-bond acceptors (Lipinski definition) is 2. The summed E-state index contributed by atoms with van der Waals surface area (Å²) in [5, 5.41) is 8.45. The summed E-state index contributed by atoms with van der Waals surface area (Å²) in [4.78, 5) is 3.63. The molecule has 0 aliphatic rings. The number of hydrogen-bond donors (Lipinski definition) is 1. The smallest absolute Gasteiger partial charge is 0.277 e. The first-order valence-corrected chi connectivity index (χ1v) is 3.97. The van der Waals surface area contributed by atoms with Crippen LogP contribution >= 0.6 is 0 Å². The van der Waals surface area contributed by atoms with Gasteiger partial charge < -0.3 is 5.11 Å². The van der Waals surface area contributed by atoms with Crippen molar-refractivity contribution in [1.29, 1.82) is 0 Å². The van der Waals surface area contributed by atoms with E-state index in [2.05, 4.69) is 4.98 Å². The standard InChI is InChI=1S/C9H11F2NO/c1-7-2-4-12-6-8(7)9(10,11)3-5-13/h2,4,6,13H,3,5H2,1H3. The van der Waals surface area contributed by atoms with Crippen LogP contribution in [0.1, 0.15) is 17.5 Å². The van der Waals surface area contributed by atoms with Crippen LogP contribution in [0.2, 0.25) is 0 Å². The van der Waals surface area contributed by atoms with E-state index in [0.717, 1.165) is 6.20 Å².